The van der Waals surface area contributed by atoms with E-state index < -0.39 is 5.82 Å². The van der Waals surface area contributed by atoms with Crippen molar-refractivity contribution in [1.82, 2.24) is 9.80 Å². The Morgan fingerprint density at radius 3 is 2.42 bits per heavy atom. The second-order valence-corrected chi connectivity index (χ2v) is 5.53. The first-order valence-corrected chi connectivity index (χ1v) is 8.08. The van der Waals surface area contributed by atoms with Gasteiger partial charge in [-0.15, -0.1) is 0 Å². The maximum atomic E-state index is 14.3. The van der Waals surface area contributed by atoms with Gasteiger partial charge >= 0.3 is 0 Å². The fraction of sp³-hybridized carbons (Fsp3) is 0.556. The first-order chi connectivity index (χ1) is 11.4. The number of halogens is 1. The van der Waals surface area contributed by atoms with Crippen LogP contribution in [0.1, 0.15) is 31.4 Å². The lowest BCUT2D eigenvalue weighted by Gasteiger charge is -2.14. The maximum Gasteiger partial charge on any atom is 0.149 e. The van der Waals surface area contributed by atoms with Gasteiger partial charge in [-0.25, -0.2) is 9.38 Å². The van der Waals surface area contributed by atoms with Crippen LogP contribution in [0.15, 0.2) is 11.1 Å². The zero-order chi connectivity index (χ0) is 18.7. The standard InChI is InChI=1S/C16H23FN4O.C2H6/c1-12-15(22-8-6-7-20(2)3)9-14(19-11-21(4)5)13(10-18)16(12)17;1-2/h9,11H,6-8H2,1-5H3;1-2H3. The molecule has 0 unspecified atom stereocenters. The van der Waals surface area contributed by atoms with Crippen molar-refractivity contribution in [2.75, 3.05) is 41.3 Å². The molecule has 6 heteroatoms. The van der Waals surface area contributed by atoms with Gasteiger partial charge in [-0.3, -0.25) is 0 Å². The van der Waals surface area contributed by atoms with Gasteiger partial charge in [0.15, 0.2) is 0 Å². The van der Waals surface area contributed by atoms with Crippen LogP contribution in [0.4, 0.5) is 10.1 Å². The molecule has 0 atom stereocenters. The minimum absolute atomic E-state index is 0.0590. The fourth-order valence-electron chi connectivity index (χ4n) is 1.81. The minimum atomic E-state index is -0.571. The Labute approximate surface area is 145 Å². The van der Waals surface area contributed by atoms with E-state index in [2.05, 4.69) is 9.89 Å². The first kappa shape index (κ1) is 21.9. The largest absolute Gasteiger partial charge is 0.493 e. The van der Waals surface area contributed by atoms with E-state index in [4.69, 9.17) is 10.00 Å². The quantitative estimate of drug-likeness (QED) is 0.434. The van der Waals surface area contributed by atoms with Gasteiger partial charge in [0.25, 0.3) is 0 Å². The van der Waals surface area contributed by atoms with Gasteiger partial charge in [0.2, 0.25) is 0 Å². The van der Waals surface area contributed by atoms with Gasteiger partial charge in [0.05, 0.1) is 18.6 Å². The molecule has 0 amide bonds. The summed E-state index contributed by atoms with van der Waals surface area (Å²) < 4.78 is 19.9. The molecule has 0 radical (unpaired) electrons. The van der Waals surface area contributed by atoms with Crippen molar-refractivity contribution in [2.24, 2.45) is 4.99 Å². The van der Waals surface area contributed by atoms with E-state index in [1.165, 1.54) is 6.34 Å². The van der Waals surface area contributed by atoms with Crippen LogP contribution in [-0.4, -0.2) is 57.5 Å². The second kappa shape index (κ2) is 11.4. The molecule has 5 nitrogen and oxygen atoms in total. The monoisotopic (exact) mass is 336 g/mol. The van der Waals surface area contributed by atoms with Crippen molar-refractivity contribution in [3.8, 4) is 11.8 Å². The van der Waals surface area contributed by atoms with Crippen LogP contribution in [0.3, 0.4) is 0 Å². The highest BCUT2D eigenvalue weighted by atomic mass is 19.1. The Balaban J connectivity index is 0.00000254. The summed E-state index contributed by atoms with van der Waals surface area (Å²) in [5.41, 5.74) is 0.559. The summed E-state index contributed by atoms with van der Waals surface area (Å²) in [6.45, 7) is 6.99. The third-order valence-corrected chi connectivity index (χ3v) is 2.99. The van der Waals surface area contributed by atoms with E-state index in [0.29, 0.717) is 17.9 Å². The molecule has 0 aliphatic rings. The molecule has 24 heavy (non-hydrogen) atoms. The Morgan fingerprint density at radius 1 is 1.29 bits per heavy atom. The Bertz CT molecular complexity index is 577. The molecule has 0 saturated heterocycles. The van der Waals surface area contributed by atoms with Gasteiger partial charge in [-0.1, -0.05) is 13.8 Å². The van der Waals surface area contributed by atoms with Crippen LogP contribution in [-0.2, 0) is 0 Å². The Hall–Kier alpha value is -2.13. The normalized spacial score (nSPS) is 10.3. The van der Waals surface area contributed by atoms with Crippen molar-refractivity contribution in [1.29, 1.82) is 5.26 Å². The molecule has 0 bridgehead atoms. The van der Waals surface area contributed by atoms with Crippen molar-refractivity contribution in [2.45, 2.75) is 27.2 Å². The van der Waals surface area contributed by atoms with Crippen molar-refractivity contribution in [3.63, 3.8) is 0 Å². The summed E-state index contributed by atoms with van der Waals surface area (Å²) in [6.07, 6.45) is 2.37. The average molecular weight is 336 g/mol. The highest BCUT2D eigenvalue weighted by Gasteiger charge is 2.16. The predicted molar refractivity (Wildman–Crippen MR) is 97.7 cm³/mol. The van der Waals surface area contributed by atoms with Crippen molar-refractivity contribution in [3.05, 3.63) is 23.0 Å². The molecule has 1 aromatic rings. The maximum absolute atomic E-state index is 14.3. The Kier molecular flexibility index (Phi) is 10.4. The molecule has 0 N–H and O–H groups in total. The van der Waals surface area contributed by atoms with Gasteiger partial charge < -0.3 is 14.5 Å². The zero-order valence-electron chi connectivity index (χ0n) is 15.9. The van der Waals surface area contributed by atoms with E-state index in [0.717, 1.165) is 13.0 Å². The topological polar surface area (TPSA) is 51.9 Å². The molecular formula is C18H29FN4O. The summed E-state index contributed by atoms with van der Waals surface area (Å²) in [7, 11) is 7.58. The van der Waals surface area contributed by atoms with Gasteiger partial charge in [-0.2, -0.15) is 5.26 Å². The highest BCUT2D eigenvalue weighted by molar-refractivity contribution is 5.67. The Morgan fingerprint density at radius 2 is 1.92 bits per heavy atom. The lowest BCUT2D eigenvalue weighted by molar-refractivity contribution is 0.279. The number of nitrogens with zero attached hydrogens (tertiary/aromatic N) is 4. The van der Waals surface area contributed by atoms with E-state index in [1.54, 1.807) is 32.0 Å². The number of rotatable bonds is 7. The molecule has 134 valence electrons. The molecule has 0 aromatic heterocycles. The van der Waals surface area contributed by atoms with Gasteiger partial charge in [0, 0.05) is 32.3 Å². The van der Waals surface area contributed by atoms with E-state index in [9.17, 15) is 4.39 Å². The molecule has 0 saturated carbocycles. The van der Waals surface area contributed by atoms with Crippen molar-refractivity contribution < 1.29 is 9.13 Å². The average Bonchev–Trinajstić information content (AvgIpc) is 2.55. The molecule has 0 aliphatic heterocycles. The zero-order valence-corrected chi connectivity index (χ0v) is 15.9. The van der Waals surface area contributed by atoms with E-state index in [1.807, 2.05) is 34.0 Å². The van der Waals surface area contributed by atoms with Gasteiger partial charge in [0.1, 0.15) is 23.2 Å². The number of hydrogen-bond acceptors (Lipinski definition) is 4. The van der Waals surface area contributed by atoms with Crippen LogP contribution in [0.25, 0.3) is 0 Å². The third-order valence-electron chi connectivity index (χ3n) is 2.99. The second-order valence-electron chi connectivity index (χ2n) is 5.53. The molecule has 1 aromatic carbocycles. The highest BCUT2D eigenvalue weighted by Crippen LogP contribution is 2.32. The van der Waals surface area contributed by atoms with E-state index >= 15 is 0 Å². The van der Waals surface area contributed by atoms with Crippen LogP contribution >= 0.6 is 0 Å². The lowest BCUT2D eigenvalue weighted by atomic mass is 10.1. The number of nitriles is 1. The van der Waals surface area contributed by atoms with Crippen LogP contribution < -0.4 is 4.74 Å². The summed E-state index contributed by atoms with van der Waals surface area (Å²) in [4.78, 5) is 7.92. The van der Waals surface area contributed by atoms with Crippen LogP contribution in [0, 0.1) is 24.1 Å². The van der Waals surface area contributed by atoms with Crippen LogP contribution in [0.5, 0.6) is 5.75 Å². The molecule has 1 rings (SSSR count). The van der Waals surface area contributed by atoms with Crippen LogP contribution in [0.2, 0.25) is 0 Å². The predicted octanol–water partition coefficient (Wildman–Crippen LogP) is 3.58. The number of ether oxygens (including phenoxy) is 1. The number of hydrogen-bond donors (Lipinski definition) is 0. The van der Waals surface area contributed by atoms with Gasteiger partial charge in [-0.05, 0) is 27.4 Å². The van der Waals surface area contributed by atoms with E-state index in [-0.39, 0.29) is 11.3 Å². The first-order valence-electron chi connectivity index (χ1n) is 8.08. The number of benzene rings is 1. The SMILES string of the molecule is CC.Cc1c(OCCCN(C)C)cc(N=CN(C)C)c(C#N)c1F. The fourth-order valence-corrected chi connectivity index (χ4v) is 1.81. The smallest absolute Gasteiger partial charge is 0.149 e. The lowest BCUT2D eigenvalue weighted by Crippen LogP contribution is -2.15. The molecular weight excluding hydrogens is 307 g/mol. The molecule has 0 spiro atoms. The minimum Gasteiger partial charge on any atom is -0.493 e. The third kappa shape index (κ3) is 6.97. The number of aliphatic imine (C=N–C) groups is 1. The summed E-state index contributed by atoms with van der Waals surface area (Å²) >= 11 is 0. The summed E-state index contributed by atoms with van der Waals surface area (Å²) in [5, 5.41) is 9.13. The van der Waals surface area contributed by atoms with Crippen molar-refractivity contribution >= 4 is 12.0 Å². The summed E-state index contributed by atoms with van der Waals surface area (Å²) in [5.74, 6) is -0.139. The molecule has 0 fully saturated rings. The molecule has 0 aliphatic carbocycles. The summed E-state index contributed by atoms with van der Waals surface area (Å²) in [6, 6.07) is 3.49. The molecule has 0 heterocycles.